The van der Waals surface area contributed by atoms with Crippen molar-refractivity contribution in [3.8, 4) is 0 Å². The van der Waals surface area contributed by atoms with Crippen molar-refractivity contribution in [3.05, 3.63) is 76.0 Å². The Hall–Kier alpha value is -2.85. The van der Waals surface area contributed by atoms with Gasteiger partial charge in [0.05, 0.1) is 28.4 Å². The molecule has 0 fully saturated rings. The monoisotopic (exact) mass is 479 g/mol. The second kappa shape index (κ2) is 8.35. The lowest BCUT2D eigenvalue weighted by Crippen LogP contribution is -2.24. The predicted octanol–water partition coefficient (Wildman–Crippen LogP) is 4.77. The molecule has 0 atom stereocenters. The Bertz CT molecular complexity index is 1380. The van der Waals surface area contributed by atoms with E-state index in [0.29, 0.717) is 28.4 Å². The van der Waals surface area contributed by atoms with Crippen molar-refractivity contribution in [1.82, 2.24) is 9.71 Å². The van der Waals surface area contributed by atoms with Gasteiger partial charge in [-0.05, 0) is 42.5 Å². The molecule has 0 radical (unpaired) electrons. The summed E-state index contributed by atoms with van der Waals surface area (Å²) in [5.74, 6) is 0.310. The molecule has 2 heterocycles. The molecule has 2 aromatic heterocycles. The molecule has 0 unspecified atom stereocenters. The number of carbonyl (C=O) groups excluding carboxylic acids is 1. The summed E-state index contributed by atoms with van der Waals surface area (Å²) in [5, 5.41) is 2.56. The maximum atomic E-state index is 12.8. The molecule has 160 valence electrons. The first-order valence-electron chi connectivity index (χ1n) is 8.92. The van der Waals surface area contributed by atoms with Crippen molar-refractivity contribution in [3.63, 3.8) is 0 Å². The zero-order chi connectivity index (χ0) is 22.2. The number of halogens is 2. The summed E-state index contributed by atoms with van der Waals surface area (Å²) in [6, 6.07) is 10.5. The van der Waals surface area contributed by atoms with Gasteiger partial charge >= 0.3 is 0 Å². The van der Waals surface area contributed by atoms with Gasteiger partial charge < -0.3 is 14.2 Å². The van der Waals surface area contributed by atoms with Crippen LogP contribution in [0.5, 0.6) is 0 Å². The molecule has 1 amide bonds. The molecule has 0 aliphatic heterocycles. The Morgan fingerprint density at radius 2 is 1.94 bits per heavy atom. The van der Waals surface area contributed by atoms with Gasteiger partial charge in [0.25, 0.3) is 5.91 Å². The number of hydrogen-bond acceptors (Lipinski definition) is 6. The molecular weight excluding hydrogens is 465 g/mol. The second-order valence-electron chi connectivity index (χ2n) is 6.54. The third-order valence-electron chi connectivity index (χ3n) is 4.32. The Kier molecular flexibility index (Phi) is 5.76. The fourth-order valence-electron chi connectivity index (χ4n) is 2.88. The summed E-state index contributed by atoms with van der Waals surface area (Å²) < 4.78 is 38.3. The molecule has 0 bridgehead atoms. The molecule has 0 aliphatic carbocycles. The lowest BCUT2D eigenvalue weighted by atomic mass is 10.2. The average molecular weight is 480 g/mol. The number of oxazole rings is 1. The molecular formula is C20H15Cl2N3O5S. The maximum Gasteiger partial charge on any atom is 0.257 e. The van der Waals surface area contributed by atoms with E-state index in [1.54, 1.807) is 37.3 Å². The number of carbonyl (C=O) groups is 1. The highest BCUT2D eigenvalue weighted by Gasteiger charge is 2.23. The first-order chi connectivity index (χ1) is 14.7. The van der Waals surface area contributed by atoms with Gasteiger partial charge in [-0.15, -0.1) is 0 Å². The molecule has 0 saturated carbocycles. The lowest BCUT2D eigenvalue weighted by molar-refractivity contribution is 0.102. The van der Waals surface area contributed by atoms with E-state index in [1.807, 2.05) is 0 Å². The summed E-state index contributed by atoms with van der Waals surface area (Å²) in [4.78, 5) is 16.7. The minimum absolute atomic E-state index is 0.00541. The van der Waals surface area contributed by atoms with Crippen molar-refractivity contribution in [2.24, 2.45) is 0 Å². The number of benzene rings is 2. The molecule has 0 aliphatic rings. The van der Waals surface area contributed by atoms with E-state index in [2.05, 4.69) is 15.0 Å². The van der Waals surface area contributed by atoms with Crippen LogP contribution in [0.25, 0.3) is 11.1 Å². The fraction of sp³-hybridized carbons (Fsp3) is 0.100. The Balaban J connectivity index is 1.60. The van der Waals surface area contributed by atoms with Gasteiger partial charge in [-0.2, -0.15) is 0 Å². The van der Waals surface area contributed by atoms with Crippen LogP contribution in [0.1, 0.15) is 22.0 Å². The number of amides is 1. The quantitative estimate of drug-likeness (QED) is 0.411. The van der Waals surface area contributed by atoms with Gasteiger partial charge in [0.15, 0.2) is 11.5 Å². The zero-order valence-corrected chi connectivity index (χ0v) is 18.3. The first-order valence-corrected chi connectivity index (χ1v) is 11.2. The van der Waals surface area contributed by atoms with Gasteiger partial charge in [-0.25, -0.2) is 18.1 Å². The van der Waals surface area contributed by atoms with Crippen LogP contribution in [0.2, 0.25) is 10.0 Å². The summed E-state index contributed by atoms with van der Waals surface area (Å²) >= 11 is 12.3. The van der Waals surface area contributed by atoms with E-state index in [4.69, 9.17) is 32.0 Å². The average Bonchev–Trinajstić information content (AvgIpc) is 3.34. The van der Waals surface area contributed by atoms with Gasteiger partial charge in [-0.1, -0.05) is 23.2 Å². The fourth-order valence-corrected chi connectivity index (χ4v) is 4.74. The van der Waals surface area contributed by atoms with E-state index in [1.165, 1.54) is 12.3 Å². The highest BCUT2D eigenvalue weighted by molar-refractivity contribution is 7.89. The van der Waals surface area contributed by atoms with Gasteiger partial charge in [0.2, 0.25) is 10.0 Å². The number of sulfonamides is 1. The maximum absolute atomic E-state index is 12.8. The van der Waals surface area contributed by atoms with E-state index in [9.17, 15) is 13.2 Å². The number of hydrogen-bond donors (Lipinski definition) is 2. The van der Waals surface area contributed by atoms with E-state index < -0.39 is 15.9 Å². The number of aromatic nitrogens is 1. The van der Waals surface area contributed by atoms with Crippen LogP contribution in [0.15, 0.2) is 62.5 Å². The van der Waals surface area contributed by atoms with Crippen LogP contribution >= 0.6 is 23.2 Å². The second-order valence-corrected chi connectivity index (χ2v) is 9.09. The summed E-state index contributed by atoms with van der Waals surface area (Å²) in [5.41, 5.74) is 1.54. The van der Waals surface area contributed by atoms with Crippen molar-refractivity contribution in [2.75, 3.05) is 5.32 Å². The van der Waals surface area contributed by atoms with Crippen LogP contribution in [0.3, 0.4) is 0 Å². The number of furan rings is 1. The van der Waals surface area contributed by atoms with Gasteiger partial charge in [0, 0.05) is 12.6 Å². The third kappa shape index (κ3) is 4.59. The topological polar surface area (TPSA) is 114 Å². The number of aryl methyl sites for hydroxylation is 1. The van der Waals surface area contributed by atoms with Gasteiger partial charge in [-0.3, -0.25) is 4.79 Å². The molecule has 2 aromatic carbocycles. The largest absolute Gasteiger partial charge is 0.468 e. The van der Waals surface area contributed by atoms with Crippen LogP contribution in [0, 0.1) is 6.92 Å². The van der Waals surface area contributed by atoms with Crippen molar-refractivity contribution in [1.29, 1.82) is 0 Å². The molecule has 2 N–H and O–H groups in total. The molecule has 4 rings (SSSR count). The number of fused-ring (bicyclic) bond motifs is 1. The third-order valence-corrected chi connectivity index (χ3v) is 6.50. The molecule has 31 heavy (non-hydrogen) atoms. The van der Waals surface area contributed by atoms with E-state index >= 15 is 0 Å². The first kappa shape index (κ1) is 21.4. The number of rotatable bonds is 6. The standard InChI is InChI=1S/C20H15Cl2N3O5S/c1-11-24-17-7-12(4-5-18(17)30-11)25-20(26)14-8-19(16(22)9-15(14)21)31(27,28)23-10-13-3-2-6-29-13/h2-9,23H,10H2,1H3,(H,25,26). The lowest BCUT2D eigenvalue weighted by Gasteiger charge is -2.12. The predicted molar refractivity (Wildman–Crippen MR) is 116 cm³/mol. The number of nitrogens with one attached hydrogen (secondary N) is 2. The molecule has 8 nitrogen and oxygen atoms in total. The minimum atomic E-state index is -4.04. The van der Waals surface area contributed by atoms with Crippen LogP contribution in [-0.4, -0.2) is 19.3 Å². The highest BCUT2D eigenvalue weighted by atomic mass is 35.5. The van der Waals surface area contributed by atoms with E-state index in [-0.39, 0.29) is 27.0 Å². The van der Waals surface area contributed by atoms with Crippen LogP contribution < -0.4 is 10.0 Å². The number of anilines is 1. The zero-order valence-electron chi connectivity index (χ0n) is 16.0. The van der Waals surface area contributed by atoms with E-state index in [0.717, 1.165) is 6.07 Å². The van der Waals surface area contributed by atoms with Crippen LogP contribution in [0.4, 0.5) is 5.69 Å². The Morgan fingerprint density at radius 1 is 1.13 bits per heavy atom. The summed E-state index contributed by atoms with van der Waals surface area (Å²) in [6.07, 6.45) is 1.43. The SMILES string of the molecule is Cc1nc2cc(NC(=O)c3cc(S(=O)(=O)NCc4ccco4)c(Cl)cc3Cl)ccc2o1. The van der Waals surface area contributed by atoms with Crippen molar-refractivity contribution < 1.29 is 22.0 Å². The molecule has 4 aromatic rings. The van der Waals surface area contributed by atoms with Crippen LogP contribution in [-0.2, 0) is 16.6 Å². The molecule has 0 saturated heterocycles. The molecule has 0 spiro atoms. The molecule has 11 heteroatoms. The Labute approximate surface area is 187 Å². The highest BCUT2D eigenvalue weighted by Crippen LogP contribution is 2.30. The van der Waals surface area contributed by atoms with Crippen molar-refractivity contribution in [2.45, 2.75) is 18.4 Å². The smallest absolute Gasteiger partial charge is 0.257 e. The normalized spacial score (nSPS) is 11.7. The summed E-state index contributed by atoms with van der Waals surface area (Å²) in [7, 11) is -4.04. The summed E-state index contributed by atoms with van der Waals surface area (Å²) in [6.45, 7) is 1.64. The van der Waals surface area contributed by atoms with Gasteiger partial charge in [0.1, 0.15) is 16.2 Å². The number of nitrogens with zero attached hydrogens (tertiary/aromatic N) is 1. The van der Waals surface area contributed by atoms with Crippen molar-refractivity contribution >= 4 is 55.9 Å². The Morgan fingerprint density at radius 3 is 2.68 bits per heavy atom. The minimum Gasteiger partial charge on any atom is -0.468 e.